The fourth-order valence-corrected chi connectivity index (χ4v) is 5.31. The molecule has 1 N–H and O–H groups in total. The van der Waals surface area contributed by atoms with Gasteiger partial charge in [-0.15, -0.1) is 0 Å². The monoisotopic (exact) mass is 505 g/mol. The third-order valence-corrected chi connectivity index (χ3v) is 7.83. The van der Waals surface area contributed by atoms with E-state index in [1.165, 1.54) is 164 Å². The van der Waals surface area contributed by atoms with Gasteiger partial charge >= 0.3 is 0 Å². The predicted octanol–water partition coefficient (Wildman–Crippen LogP) is 12.4. The van der Waals surface area contributed by atoms with E-state index >= 15 is 0 Å². The van der Waals surface area contributed by atoms with Gasteiger partial charge in [-0.25, -0.2) is 0 Å². The van der Waals surface area contributed by atoms with E-state index in [0.717, 1.165) is 0 Å². The Kier molecular flexibility index (Phi) is 18.9. The van der Waals surface area contributed by atoms with Gasteiger partial charge in [0.05, 0.1) is 0 Å². The van der Waals surface area contributed by atoms with Crippen LogP contribution in [0.4, 0.5) is 11.4 Å². The molecule has 208 valence electrons. The van der Waals surface area contributed by atoms with Crippen LogP contribution in [0.15, 0.2) is 48.5 Å². The maximum absolute atomic E-state index is 3.58. The Morgan fingerprint density at radius 1 is 0.351 bits per heavy atom. The molecule has 2 aromatic rings. The molecule has 1 nitrogen and oxygen atoms in total. The molecule has 0 amide bonds. The number of benzene rings is 2. The van der Waals surface area contributed by atoms with Crippen LogP contribution in [0.2, 0.25) is 0 Å². The van der Waals surface area contributed by atoms with Crippen LogP contribution in [-0.2, 0) is 12.8 Å². The van der Waals surface area contributed by atoms with Crippen molar-refractivity contribution in [3.8, 4) is 0 Å². The molecule has 0 radical (unpaired) electrons. The van der Waals surface area contributed by atoms with Crippen molar-refractivity contribution in [3.05, 3.63) is 59.7 Å². The van der Waals surface area contributed by atoms with Crippen molar-refractivity contribution < 1.29 is 0 Å². The highest BCUT2D eigenvalue weighted by atomic mass is 14.9. The number of hydrogen-bond donors (Lipinski definition) is 1. The first kappa shape index (κ1) is 31.5. The van der Waals surface area contributed by atoms with Crippen molar-refractivity contribution in [2.45, 2.75) is 155 Å². The van der Waals surface area contributed by atoms with E-state index in [1.54, 1.807) is 0 Å². The number of nitrogens with one attached hydrogen (secondary N) is 1. The van der Waals surface area contributed by atoms with Crippen LogP contribution in [0.5, 0.6) is 0 Å². The summed E-state index contributed by atoms with van der Waals surface area (Å²) in [6.45, 7) is 4.59. The number of unbranched alkanes of at least 4 members (excludes halogenated alkanes) is 18. The Bertz CT molecular complexity index is 680. The third kappa shape index (κ3) is 16.6. The highest BCUT2D eigenvalue weighted by Crippen LogP contribution is 2.20. The lowest BCUT2D eigenvalue weighted by atomic mass is 10.0. The van der Waals surface area contributed by atoms with Gasteiger partial charge in [0.25, 0.3) is 0 Å². The molecule has 0 aliphatic heterocycles. The molecule has 0 atom stereocenters. The summed E-state index contributed by atoms with van der Waals surface area (Å²) in [7, 11) is 0. The van der Waals surface area contributed by atoms with Crippen LogP contribution in [-0.4, -0.2) is 0 Å². The summed E-state index contributed by atoms with van der Waals surface area (Å²) in [6.07, 6.45) is 30.5. The summed E-state index contributed by atoms with van der Waals surface area (Å²) in [5.74, 6) is 0. The van der Waals surface area contributed by atoms with Gasteiger partial charge in [0.1, 0.15) is 0 Å². The van der Waals surface area contributed by atoms with E-state index in [0.29, 0.717) is 0 Å². The van der Waals surface area contributed by atoms with E-state index in [9.17, 15) is 0 Å². The lowest BCUT2D eigenvalue weighted by molar-refractivity contribution is 0.556. The highest BCUT2D eigenvalue weighted by molar-refractivity contribution is 5.60. The maximum atomic E-state index is 3.58. The largest absolute Gasteiger partial charge is 0.356 e. The Morgan fingerprint density at radius 2 is 0.622 bits per heavy atom. The van der Waals surface area contributed by atoms with Crippen molar-refractivity contribution in [3.63, 3.8) is 0 Å². The molecule has 0 heterocycles. The Labute approximate surface area is 231 Å². The zero-order valence-corrected chi connectivity index (χ0v) is 24.7. The fraction of sp³-hybridized carbons (Fsp3) is 0.667. The molecular formula is C36H59N. The standard InChI is InChI=1S/C36H59N/c1-3-5-7-9-11-13-15-17-19-21-23-33-25-29-35(30-26-33)37-36-31-27-34(28-32-36)24-22-20-18-16-14-12-10-8-6-4-2/h25-32,37H,3-24H2,1-2H3. The van der Waals surface area contributed by atoms with Gasteiger partial charge in [-0.2, -0.15) is 0 Å². The van der Waals surface area contributed by atoms with E-state index in [-0.39, 0.29) is 0 Å². The molecule has 0 spiro atoms. The summed E-state index contributed by atoms with van der Waals surface area (Å²) in [5, 5.41) is 3.58. The van der Waals surface area contributed by atoms with Gasteiger partial charge in [0, 0.05) is 11.4 Å². The first-order chi connectivity index (χ1) is 18.3. The molecule has 0 aliphatic carbocycles. The topological polar surface area (TPSA) is 12.0 Å². The SMILES string of the molecule is CCCCCCCCCCCCc1ccc(Nc2ccc(CCCCCCCCCCCC)cc2)cc1. The van der Waals surface area contributed by atoms with Crippen LogP contribution in [0.25, 0.3) is 0 Å². The summed E-state index contributed by atoms with van der Waals surface area (Å²) in [6, 6.07) is 18.2. The van der Waals surface area contributed by atoms with Gasteiger partial charge in [-0.1, -0.05) is 154 Å². The van der Waals surface area contributed by atoms with Crippen LogP contribution >= 0.6 is 0 Å². The normalized spacial score (nSPS) is 11.2. The predicted molar refractivity (Wildman–Crippen MR) is 167 cm³/mol. The molecule has 0 fully saturated rings. The summed E-state index contributed by atoms with van der Waals surface area (Å²) >= 11 is 0. The third-order valence-electron chi connectivity index (χ3n) is 7.83. The number of hydrogen-bond acceptors (Lipinski definition) is 1. The molecule has 37 heavy (non-hydrogen) atoms. The first-order valence-corrected chi connectivity index (χ1v) is 16.3. The lowest BCUT2D eigenvalue weighted by Crippen LogP contribution is -1.93. The maximum Gasteiger partial charge on any atom is 0.0384 e. The smallest absolute Gasteiger partial charge is 0.0384 e. The van der Waals surface area contributed by atoms with Gasteiger partial charge < -0.3 is 5.32 Å². The molecule has 0 unspecified atom stereocenters. The average molecular weight is 506 g/mol. The second-order valence-corrected chi connectivity index (χ2v) is 11.4. The van der Waals surface area contributed by atoms with Crippen molar-refractivity contribution in [2.75, 3.05) is 5.32 Å². The van der Waals surface area contributed by atoms with E-state index < -0.39 is 0 Å². The second-order valence-electron chi connectivity index (χ2n) is 11.4. The van der Waals surface area contributed by atoms with Crippen molar-refractivity contribution in [2.24, 2.45) is 0 Å². The molecule has 0 saturated carbocycles. The summed E-state index contributed by atoms with van der Waals surface area (Å²) in [4.78, 5) is 0. The number of aryl methyl sites for hydroxylation is 2. The van der Waals surface area contributed by atoms with Crippen LogP contribution in [0.1, 0.15) is 153 Å². The Balaban J connectivity index is 1.51. The van der Waals surface area contributed by atoms with Crippen LogP contribution < -0.4 is 5.32 Å². The molecular weight excluding hydrogens is 446 g/mol. The second kappa shape index (κ2) is 22.2. The first-order valence-electron chi connectivity index (χ1n) is 16.3. The Hall–Kier alpha value is -1.76. The van der Waals surface area contributed by atoms with E-state index in [1.807, 2.05) is 0 Å². The van der Waals surface area contributed by atoms with E-state index in [4.69, 9.17) is 0 Å². The Morgan fingerprint density at radius 3 is 0.919 bits per heavy atom. The van der Waals surface area contributed by atoms with Crippen LogP contribution in [0.3, 0.4) is 0 Å². The van der Waals surface area contributed by atoms with Crippen LogP contribution in [0, 0.1) is 0 Å². The minimum absolute atomic E-state index is 1.19. The van der Waals surface area contributed by atoms with Crippen molar-refractivity contribution in [1.82, 2.24) is 0 Å². The zero-order valence-electron chi connectivity index (χ0n) is 24.7. The number of anilines is 2. The molecule has 0 bridgehead atoms. The van der Waals surface area contributed by atoms with Gasteiger partial charge in [-0.05, 0) is 61.1 Å². The molecule has 1 heteroatoms. The molecule has 2 aromatic carbocycles. The summed E-state index contributed by atoms with van der Waals surface area (Å²) in [5.41, 5.74) is 5.32. The van der Waals surface area contributed by atoms with E-state index in [2.05, 4.69) is 67.7 Å². The zero-order chi connectivity index (χ0) is 26.2. The fourth-order valence-electron chi connectivity index (χ4n) is 5.31. The van der Waals surface area contributed by atoms with Gasteiger partial charge in [-0.3, -0.25) is 0 Å². The minimum Gasteiger partial charge on any atom is -0.356 e. The quantitative estimate of drug-likeness (QED) is 0.140. The van der Waals surface area contributed by atoms with Gasteiger partial charge in [0.2, 0.25) is 0 Å². The molecule has 0 saturated heterocycles. The highest BCUT2D eigenvalue weighted by Gasteiger charge is 2.00. The summed E-state index contributed by atoms with van der Waals surface area (Å²) < 4.78 is 0. The molecule has 0 aliphatic rings. The molecule has 2 rings (SSSR count). The van der Waals surface area contributed by atoms with Gasteiger partial charge in [0.15, 0.2) is 0 Å². The average Bonchev–Trinajstić information content (AvgIpc) is 2.92. The van der Waals surface area contributed by atoms with Crippen molar-refractivity contribution >= 4 is 11.4 Å². The molecule has 0 aromatic heterocycles. The minimum atomic E-state index is 1.19. The lowest BCUT2D eigenvalue weighted by Gasteiger charge is -2.09. The number of rotatable bonds is 24. The van der Waals surface area contributed by atoms with Crippen molar-refractivity contribution in [1.29, 1.82) is 0 Å².